The average molecular weight is 1190 g/mol. The summed E-state index contributed by atoms with van der Waals surface area (Å²) in [5.74, 6) is -0.585. The number of allylic oxidation sites excluding steroid dienone is 20. The molecule has 1 N–H and O–H groups in total. The third kappa shape index (κ3) is 72.8. The zero-order chi connectivity index (χ0) is 61.9. The number of rotatable bonds is 68. The van der Waals surface area contributed by atoms with Gasteiger partial charge in [-0.1, -0.05) is 379 Å². The molecule has 0 saturated heterocycles. The van der Waals surface area contributed by atoms with Gasteiger partial charge in [0, 0.05) is 12.8 Å². The molecule has 0 saturated carbocycles. The van der Waals surface area contributed by atoms with Crippen LogP contribution in [0.4, 0.5) is 0 Å². The maximum Gasteiger partial charge on any atom is 0.306 e. The standard InChI is InChI=1S/C81H140O5/c1-3-5-7-9-11-13-15-17-19-21-23-25-27-29-31-33-35-36-37-38-39-40-41-42-43-44-46-48-50-52-54-56-58-60-62-64-66-68-70-72-74-76-81(84)86-79(77-82)78-85-80(83)75-73-71-69-67-65-63-61-59-57-55-53-51-49-47-45-34-32-30-28-26-24-22-20-18-16-14-12-10-8-6-4-2/h5,7,11,13,17,19,23,25,29,31,35-36,38-39,41-42,44,46,50,52,79,82H,3-4,6,8-10,12,14-16,18,20-22,24,26-28,30,32-34,37,40,43,45,47-49,51,53-78H2,1-2H3/b7-5-,13-11-,19-17-,25-23-,31-29-,36-35-,39-38-,42-41-,46-44-,52-50-. The highest BCUT2D eigenvalue weighted by Crippen LogP contribution is 2.18. The molecule has 0 heterocycles. The number of carbonyl (C=O) groups is 2. The number of aliphatic hydroxyl groups excluding tert-OH is 1. The molecule has 0 rings (SSSR count). The van der Waals surface area contributed by atoms with Crippen LogP contribution in [0.3, 0.4) is 0 Å². The molecule has 0 bridgehead atoms. The van der Waals surface area contributed by atoms with E-state index in [1.54, 1.807) is 0 Å². The van der Waals surface area contributed by atoms with Gasteiger partial charge in [-0.25, -0.2) is 0 Å². The summed E-state index contributed by atoms with van der Waals surface area (Å²) in [6, 6.07) is 0. The Hall–Kier alpha value is -3.70. The highest BCUT2D eigenvalue weighted by atomic mass is 16.6. The van der Waals surface area contributed by atoms with Crippen LogP contribution in [0.15, 0.2) is 122 Å². The molecule has 0 aliphatic carbocycles. The highest BCUT2D eigenvalue weighted by molar-refractivity contribution is 5.70. The second-order valence-electron chi connectivity index (χ2n) is 24.7. The number of esters is 2. The van der Waals surface area contributed by atoms with E-state index in [0.717, 1.165) is 103 Å². The van der Waals surface area contributed by atoms with Gasteiger partial charge in [-0.2, -0.15) is 0 Å². The first-order chi connectivity index (χ1) is 42.6. The third-order valence-electron chi connectivity index (χ3n) is 16.3. The van der Waals surface area contributed by atoms with Gasteiger partial charge in [-0.3, -0.25) is 9.59 Å². The second kappa shape index (κ2) is 75.5. The van der Waals surface area contributed by atoms with Crippen LogP contribution in [0.5, 0.6) is 0 Å². The van der Waals surface area contributed by atoms with E-state index in [1.807, 2.05) is 0 Å². The SMILES string of the molecule is CC/C=C\C/C=C\C/C=C\C/C=C\C/C=C\C/C=C\C/C=C\C/C=C\C/C=C\C/C=C\CCCCCCCCCCCCC(=O)OC(CO)COC(=O)CCCCCCCCCCCCCCCCCCCCCCCCCCCCCCCCC. The van der Waals surface area contributed by atoms with E-state index in [-0.39, 0.29) is 25.2 Å². The predicted octanol–water partition coefficient (Wildman–Crippen LogP) is 26.1. The van der Waals surface area contributed by atoms with Crippen LogP contribution in [0.2, 0.25) is 0 Å². The minimum Gasteiger partial charge on any atom is -0.462 e. The molecule has 0 aromatic heterocycles. The topological polar surface area (TPSA) is 72.8 Å². The lowest BCUT2D eigenvalue weighted by Gasteiger charge is -2.15. The summed E-state index contributed by atoms with van der Waals surface area (Å²) in [7, 11) is 0. The van der Waals surface area contributed by atoms with E-state index in [2.05, 4.69) is 135 Å². The van der Waals surface area contributed by atoms with Gasteiger partial charge >= 0.3 is 11.9 Å². The Morgan fingerprint density at radius 3 is 0.756 bits per heavy atom. The van der Waals surface area contributed by atoms with Gasteiger partial charge in [0.15, 0.2) is 6.10 Å². The number of hydrogen-bond acceptors (Lipinski definition) is 5. The first-order valence-corrected chi connectivity index (χ1v) is 37.1. The molecule has 0 aromatic carbocycles. The van der Waals surface area contributed by atoms with Gasteiger partial charge in [0.2, 0.25) is 0 Å². The van der Waals surface area contributed by atoms with E-state index in [1.165, 1.54) is 231 Å². The summed E-state index contributed by atoms with van der Waals surface area (Å²) in [5, 5.41) is 9.71. The molecular weight excluding hydrogens is 1050 g/mol. The molecule has 86 heavy (non-hydrogen) atoms. The summed E-state index contributed by atoms with van der Waals surface area (Å²) in [6.07, 6.45) is 111. The van der Waals surface area contributed by atoms with Crippen molar-refractivity contribution in [2.45, 2.75) is 367 Å². The van der Waals surface area contributed by atoms with Gasteiger partial charge in [0.1, 0.15) is 6.61 Å². The normalized spacial score (nSPS) is 12.9. The lowest BCUT2D eigenvalue weighted by molar-refractivity contribution is -0.161. The maximum absolute atomic E-state index is 12.4. The van der Waals surface area contributed by atoms with Crippen molar-refractivity contribution in [3.63, 3.8) is 0 Å². The number of ether oxygens (including phenoxy) is 2. The van der Waals surface area contributed by atoms with E-state index in [0.29, 0.717) is 12.8 Å². The minimum atomic E-state index is -0.781. The van der Waals surface area contributed by atoms with Crippen LogP contribution in [0.1, 0.15) is 361 Å². The molecule has 0 aromatic rings. The largest absolute Gasteiger partial charge is 0.462 e. The Morgan fingerprint density at radius 2 is 0.500 bits per heavy atom. The number of unbranched alkanes of at least 4 members (excludes halogenated alkanes) is 40. The lowest BCUT2D eigenvalue weighted by atomic mass is 10.0. The molecule has 0 spiro atoms. The van der Waals surface area contributed by atoms with Crippen LogP contribution in [0.25, 0.3) is 0 Å². The van der Waals surface area contributed by atoms with Gasteiger partial charge in [-0.15, -0.1) is 0 Å². The summed E-state index contributed by atoms with van der Waals surface area (Å²) in [5.41, 5.74) is 0. The fourth-order valence-electron chi connectivity index (χ4n) is 10.8. The molecule has 0 amide bonds. The fraction of sp³-hybridized carbons (Fsp3) is 0.728. The minimum absolute atomic E-state index is 0.0687. The third-order valence-corrected chi connectivity index (χ3v) is 16.3. The van der Waals surface area contributed by atoms with Crippen molar-refractivity contribution < 1.29 is 24.2 Å². The first-order valence-electron chi connectivity index (χ1n) is 37.1. The molecule has 5 nitrogen and oxygen atoms in total. The van der Waals surface area contributed by atoms with Crippen LogP contribution in [-0.2, 0) is 19.1 Å². The number of aliphatic hydroxyl groups is 1. The van der Waals surface area contributed by atoms with E-state index in [4.69, 9.17) is 9.47 Å². The van der Waals surface area contributed by atoms with Crippen LogP contribution < -0.4 is 0 Å². The molecule has 0 aliphatic rings. The van der Waals surface area contributed by atoms with E-state index >= 15 is 0 Å². The predicted molar refractivity (Wildman–Crippen MR) is 380 cm³/mol. The van der Waals surface area contributed by atoms with Crippen molar-refractivity contribution in [3.05, 3.63) is 122 Å². The Morgan fingerprint density at radius 1 is 0.279 bits per heavy atom. The smallest absolute Gasteiger partial charge is 0.306 e. The summed E-state index contributed by atoms with van der Waals surface area (Å²) in [6.45, 7) is 4.06. The van der Waals surface area contributed by atoms with Crippen molar-refractivity contribution in [2.75, 3.05) is 13.2 Å². The van der Waals surface area contributed by atoms with Crippen molar-refractivity contribution in [3.8, 4) is 0 Å². The quantitative estimate of drug-likeness (QED) is 0.0373. The van der Waals surface area contributed by atoms with E-state index < -0.39 is 6.10 Å². The van der Waals surface area contributed by atoms with Crippen LogP contribution >= 0.6 is 0 Å². The summed E-state index contributed by atoms with van der Waals surface area (Å²) in [4.78, 5) is 24.7. The van der Waals surface area contributed by atoms with Crippen molar-refractivity contribution >= 4 is 11.9 Å². The zero-order valence-corrected chi connectivity index (χ0v) is 56.8. The lowest BCUT2D eigenvalue weighted by Crippen LogP contribution is -2.28. The Balaban J connectivity index is 3.50. The zero-order valence-electron chi connectivity index (χ0n) is 56.8. The summed E-state index contributed by atoms with van der Waals surface area (Å²) < 4.78 is 10.8. The molecule has 0 aliphatic heterocycles. The van der Waals surface area contributed by atoms with Crippen molar-refractivity contribution in [1.82, 2.24) is 0 Å². The first kappa shape index (κ1) is 82.3. The number of hydrogen-bond donors (Lipinski definition) is 1. The molecule has 494 valence electrons. The van der Waals surface area contributed by atoms with Gasteiger partial charge in [-0.05, 0) is 89.9 Å². The van der Waals surface area contributed by atoms with E-state index in [9.17, 15) is 14.7 Å². The van der Waals surface area contributed by atoms with Gasteiger partial charge in [0.25, 0.3) is 0 Å². The van der Waals surface area contributed by atoms with Crippen molar-refractivity contribution in [2.24, 2.45) is 0 Å². The summed E-state index contributed by atoms with van der Waals surface area (Å²) >= 11 is 0. The Bertz CT molecular complexity index is 1690. The van der Waals surface area contributed by atoms with Crippen LogP contribution in [0, 0.1) is 0 Å². The Labute approximate surface area is 534 Å². The molecule has 1 atom stereocenters. The molecular formula is C81H140O5. The van der Waals surface area contributed by atoms with Gasteiger partial charge < -0.3 is 14.6 Å². The highest BCUT2D eigenvalue weighted by Gasteiger charge is 2.16. The molecule has 1 unspecified atom stereocenters. The fourth-order valence-corrected chi connectivity index (χ4v) is 10.8. The Kier molecular flexibility index (Phi) is 72.3. The average Bonchev–Trinajstić information content (AvgIpc) is 3.54. The van der Waals surface area contributed by atoms with Crippen molar-refractivity contribution in [1.29, 1.82) is 0 Å². The molecule has 5 heteroatoms. The second-order valence-corrected chi connectivity index (χ2v) is 24.7. The number of carbonyl (C=O) groups excluding carboxylic acids is 2. The maximum atomic E-state index is 12.4. The monoisotopic (exact) mass is 1190 g/mol. The van der Waals surface area contributed by atoms with Crippen LogP contribution in [-0.4, -0.2) is 36.4 Å². The molecule has 0 radical (unpaired) electrons. The molecule has 0 fully saturated rings. The van der Waals surface area contributed by atoms with Gasteiger partial charge in [0.05, 0.1) is 6.61 Å².